The number of carbonyl (C=O) groups excluding carboxylic acids is 4. The Morgan fingerprint density at radius 2 is 1.69 bits per heavy atom. The SMILES string of the molecule is COC(=O)C1(c2ccc(OC)cc2)Oc2cc3c(c(OC)c2C(=O)C(C(=O)N2CCCC2NC(=O)C=C(C)C)C1c1ccccc1)OCO3. The maximum Gasteiger partial charge on any atom is 0.355 e. The van der Waals surface area contributed by atoms with Crippen molar-refractivity contribution >= 4 is 23.6 Å². The van der Waals surface area contributed by atoms with E-state index < -0.39 is 41.3 Å². The lowest BCUT2D eigenvalue weighted by atomic mass is 9.68. The lowest BCUT2D eigenvalue weighted by Crippen LogP contribution is -2.55. The van der Waals surface area contributed by atoms with Gasteiger partial charge in [0.2, 0.25) is 30.0 Å². The Morgan fingerprint density at radius 3 is 2.35 bits per heavy atom. The van der Waals surface area contributed by atoms with E-state index in [2.05, 4.69) is 5.32 Å². The van der Waals surface area contributed by atoms with Crippen molar-refractivity contribution < 1.29 is 47.6 Å². The second-order valence-electron chi connectivity index (χ2n) is 12.2. The molecule has 1 fully saturated rings. The highest BCUT2D eigenvalue weighted by atomic mass is 16.7. The molecule has 3 aliphatic rings. The van der Waals surface area contributed by atoms with E-state index in [9.17, 15) is 9.59 Å². The molecule has 6 rings (SSSR count). The van der Waals surface area contributed by atoms with Gasteiger partial charge in [0.25, 0.3) is 0 Å². The Labute approximate surface area is 283 Å². The van der Waals surface area contributed by atoms with Gasteiger partial charge >= 0.3 is 5.97 Å². The molecule has 49 heavy (non-hydrogen) atoms. The van der Waals surface area contributed by atoms with Gasteiger partial charge in [-0.1, -0.05) is 48.0 Å². The van der Waals surface area contributed by atoms with Gasteiger partial charge in [0, 0.05) is 24.3 Å². The van der Waals surface area contributed by atoms with Crippen molar-refractivity contribution in [2.45, 2.75) is 44.4 Å². The molecule has 3 aromatic carbocycles. The molecule has 3 aromatic rings. The second kappa shape index (κ2) is 13.5. The van der Waals surface area contributed by atoms with E-state index in [-0.39, 0.29) is 47.8 Å². The van der Waals surface area contributed by atoms with Gasteiger partial charge in [0.15, 0.2) is 17.3 Å². The van der Waals surface area contributed by atoms with Crippen LogP contribution in [0.5, 0.6) is 28.7 Å². The predicted molar refractivity (Wildman–Crippen MR) is 176 cm³/mol. The summed E-state index contributed by atoms with van der Waals surface area (Å²) in [5.41, 5.74) is -0.637. The van der Waals surface area contributed by atoms with Gasteiger partial charge in [-0.3, -0.25) is 14.4 Å². The molecule has 0 saturated carbocycles. The van der Waals surface area contributed by atoms with Crippen molar-refractivity contribution in [1.82, 2.24) is 10.2 Å². The molecular formula is C37H38N2O10. The second-order valence-corrected chi connectivity index (χ2v) is 12.2. The first-order chi connectivity index (χ1) is 23.6. The normalized spacial score (nSPS) is 22.3. The molecule has 3 aliphatic heterocycles. The number of benzene rings is 3. The highest BCUT2D eigenvalue weighted by Crippen LogP contribution is 2.56. The minimum Gasteiger partial charge on any atom is -0.497 e. The summed E-state index contributed by atoms with van der Waals surface area (Å²) in [6, 6.07) is 16.8. The molecule has 0 spiro atoms. The summed E-state index contributed by atoms with van der Waals surface area (Å²) in [6.07, 6.45) is 1.81. The minimum absolute atomic E-state index is 0.00448. The highest BCUT2D eigenvalue weighted by molar-refractivity contribution is 6.15. The average Bonchev–Trinajstić information content (AvgIpc) is 3.75. The molecule has 0 bridgehead atoms. The smallest absolute Gasteiger partial charge is 0.355 e. The van der Waals surface area contributed by atoms with Crippen LogP contribution >= 0.6 is 0 Å². The molecule has 3 heterocycles. The fraction of sp³-hybridized carbons (Fsp3) is 0.351. The Kier molecular flexibility index (Phi) is 9.22. The van der Waals surface area contributed by atoms with E-state index in [1.807, 2.05) is 0 Å². The van der Waals surface area contributed by atoms with Crippen molar-refractivity contribution in [3.8, 4) is 28.7 Å². The number of rotatable bonds is 8. The number of allylic oxidation sites excluding steroid dienone is 1. The molecule has 4 atom stereocenters. The van der Waals surface area contributed by atoms with Gasteiger partial charge in [-0.25, -0.2) is 4.79 Å². The first kappa shape index (κ1) is 33.4. The zero-order valence-electron chi connectivity index (χ0n) is 27.9. The van der Waals surface area contributed by atoms with Gasteiger partial charge in [-0.2, -0.15) is 0 Å². The number of ketones is 1. The summed E-state index contributed by atoms with van der Waals surface area (Å²) < 4.78 is 34.9. The molecule has 0 aromatic heterocycles. The maximum absolute atomic E-state index is 15.2. The van der Waals surface area contributed by atoms with Gasteiger partial charge in [0.05, 0.1) is 27.2 Å². The van der Waals surface area contributed by atoms with Crippen molar-refractivity contribution in [1.29, 1.82) is 0 Å². The van der Waals surface area contributed by atoms with E-state index in [1.165, 1.54) is 38.4 Å². The van der Waals surface area contributed by atoms with Crippen LogP contribution in [-0.2, 0) is 24.7 Å². The number of Topliss-reactive ketones (excluding diaryl/α,β-unsaturated/α-hetero) is 1. The van der Waals surface area contributed by atoms with Crippen LogP contribution in [0.2, 0.25) is 0 Å². The molecule has 256 valence electrons. The number of hydrogen-bond donors (Lipinski definition) is 1. The zero-order chi connectivity index (χ0) is 34.9. The Hall–Kier alpha value is -5.52. The third-order valence-electron chi connectivity index (χ3n) is 9.06. The molecule has 12 heteroatoms. The van der Waals surface area contributed by atoms with Gasteiger partial charge in [0.1, 0.15) is 29.1 Å². The fourth-order valence-corrected chi connectivity index (χ4v) is 6.96. The van der Waals surface area contributed by atoms with Crippen molar-refractivity contribution in [2.75, 3.05) is 34.7 Å². The largest absolute Gasteiger partial charge is 0.497 e. The fourth-order valence-electron chi connectivity index (χ4n) is 6.96. The molecule has 0 aliphatic carbocycles. The lowest BCUT2D eigenvalue weighted by molar-refractivity contribution is -0.165. The average molecular weight is 671 g/mol. The first-order valence-corrected chi connectivity index (χ1v) is 15.9. The molecular weight excluding hydrogens is 632 g/mol. The molecule has 0 radical (unpaired) electrons. The number of amides is 2. The van der Waals surface area contributed by atoms with Crippen molar-refractivity contribution in [3.05, 3.63) is 89.0 Å². The Morgan fingerprint density at radius 1 is 0.959 bits per heavy atom. The zero-order valence-corrected chi connectivity index (χ0v) is 27.9. The number of nitrogens with zero attached hydrogens (tertiary/aromatic N) is 1. The van der Waals surface area contributed by atoms with Gasteiger partial charge < -0.3 is 38.6 Å². The van der Waals surface area contributed by atoms with Crippen LogP contribution in [0, 0.1) is 5.92 Å². The van der Waals surface area contributed by atoms with Crippen LogP contribution in [-0.4, -0.2) is 69.3 Å². The summed E-state index contributed by atoms with van der Waals surface area (Å²) in [4.78, 5) is 59.3. The molecule has 12 nitrogen and oxygen atoms in total. The molecule has 1 N–H and O–H groups in total. The molecule has 4 unspecified atom stereocenters. The number of carbonyl (C=O) groups is 4. The summed E-state index contributed by atoms with van der Waals surface area (Å²) in [5, 5.41) is 2.92. The minimum atomic E-state index is -2.11. The number of nitrogens with one attached hydrogen (secondary N) is 1. The van der Waals surface area contributed by atoms with Crippen LogP contribution in [0.1, 0.15) is 54.1 Å². The summed E-state index contributed by atoms with van der Waals surface area (Å²) >= 11 is 0. The van der Waals surface area contributed by atoms with Crippen LogP contribution in [0.3, 0.4) is 0 Å². The number of fused-ring (bicyclic) bond motifs is 2. The number of ether oxygens (including phenoxy) is 6. The van der Waals surface area contributed by atoms with E-state index in [0.29, 0.717) is 29.7 Å². The predicted octanol–water partition coefficient (Wildman–Crippen LogP) is 4.51. The highest BCUT2D eigenvalue weighted by Gasteiger charge is 2.62. The Balaban J connectivity index is 1.65. The van der Waals surface area contributed by atoms with Crippen LogP contribution in [0.15, 0.2) is 72.3 Å². The number of esters is 1. The van der Waals surface area contributed by atoms with Gasteiger partial charge in [-0.05, 0) is 44.4 Å². The summed E-state index contributed by atoms with van der Waals surface area (Å²) in [5.74, 6) is -4.46. The van der Waals surface area contributed by atoms with Crippen LogP contribution in [0.25, 0.3) is 0 Å². The quantitative estimate of drug-likeness (QED) is 0.207. The van der Waals surface area contributed by atoms with E-state index in [4.69, 9.17) is 28.4 Å². The van der Waals surface area contributed by atoms with Crippen molar-refractivity contribution in [2.24, 2.45) is 5.92 Å². The van der Waals surface area contributed by atoms with Crippen molar-refractivity contribution in [3.63, 3.8) is 0 Å². The van der Waals surface area contributed by atoms with Gasteiger partial charge in [-0.15, -0.1) is 0 Å². The van der Waals surface area contributed by atoms with E-state index in [0.717, 1.165) is 5.57 Å². The standard InChI is InChI=1S/C37H38N2O10/c1-21(2)18-28(40)38-27-12-9-17-39(27)35(42)30-31(22-10-7-6-8-11-22)37(36(43)46-5,23-13-15-24(44-3)16-14-23)49-25-19-26-33(48-20-47-26)34(45-4)29(25)32(30)41/h6-8,10-11,13-16,18-19,27,30-31H,9,12,17,20H2,1-5H3,(H,38,40). The number of likely N-dealkylation sites (tertiary alicyclic amines) is 1. The van der Waals surface area contributed by atoms with E-state index in [1.54, 1.807) is 68.4 Å². The van der Waals surface area contributed by atoms with Crippen LogP contribution in [0.4, 0.5) is 0 Å². The van der Waals surface area contributed by atoms with Crippen LogP contribution < -0.4 is 29.0 Å². The third-order valence-corrected chi connectivity index (χ3v) is 9.06. The Bertz CT molecular complexity index is 1800. The maximum atomic E-state index is 15.2. The number of methoxy groups -OCH3 is 3. The third kappa shape index (κ3) is 5.81. The summed E-state index contributed by atoms with van der Waals surface area (Å²) in [6.45, 7) is 3.73. The monoisotopic (exact) mass is 670 g/mol. The lowest BCUT2D eigenvalue weighted by Gasteiger charge is -2.41. The molecule has 1 saturated heterocycles. The summed E-state index contributed by atoms with van der Waals surface area (Å²) in [7, 11) is 4.11. The number of hydrogen-bond acceptors (Lipinski definition) is 10. The topological polar surface area (TPSA) is 139 Å². The molecule has 2 amide bonds. The first-order valence-electron chi connectivity index (χ1n) is 15.9. The van der Waals surface area contributed by atoms with E-state index >= 15 is 9.59 Å².